The number of aromatic hydroxyl groups is 1. The van der Waals surface area contributed by atoms with Crippen molar-refractivity contribution in [2.45, 2.75) is 32.7 Å². The molecule has 1 atom stereocenters. The Hall–Kier alpha value is -2.04. The average Bonchev–Trinajstić information content (AvgIpc) is 2.94. The van der Waals surface area contributed by atoms with Crippen LogP contribution in [0.5, 0.6) is 5.75 Å². The molecule has 2 amide bonds. The standard InChI is InChI=1S/C15H20N2O3/c1-10-5-6-13(18)12(9-10)14(19)16-11(2)15(20)17-7-3-4-8-17/h5-6,9,11,18H,3-4,7-8H2,1-2H3,(H,16,19). The number of phenols is 1. The summed E-state index contributed by atoms with van der Waals surface area (Å²) >= 11 is 0. The maximum Gasteiger partial charge on any atom is 0.255 e. The Morgan fingerprint density at radius 3 is 2.60 bits per heavy atom. The number of hydrogen-bond acceptors (Lipinski definition) is 3. The summed E-state index contributed by atoms with van der Waals surface area (Å²) in [7, 11) is 0. The summed E-state index contributed by atoms with van der Waals surface area (Å²) in [5.41, 5.74) is 1.08. The number of nitrogens with one attached hydrogen (secondary N) is 1. The maximum atomic E-state index is 12.1. The van der Waals surface area contributed by atoms with Crippen LogP contribution in [0.4, 0.5) is 0 Å². The Morgan fingerprint density at radius 1 is 1.30 bits per heavy atom. The first-order chi connectivity index (χ1) is 9.49. The predicted molar refractivity (Wildman–Crippen MR) is 75.6 cm³/mol. The highest BCUT2D eigenvalue weighted by atomic mass is 16.3. The molecule has 20 heavy (non-hydrogen) atoms. The van der Waals surface area contributed by atoms with Crippen LogP contribution in [0.1, 0.15) is 35.7 Å². The number of carbonyl (C=O) groups is 2. The molecule has 2 N–H and O–H groups in total. The molecule has 0 spiro atoms. The van der Waals surface area contributed by atoms with Gasteiger partial charge in [-0.05, 0) is 38.8 Å². The summed E-state index contributed by atoms with van der Waals surface area (Å²) in [5.74, 6) is -0.567. The van der Waals surface area contributed by atoms with E-state index in [4.69, 9.17) is 0 Å². The summed E-state index contributed by atoms with van der Waals surface area (Å²) in [4.78, 5) is 26.0. The van der Waals surface area contributed by atoms with E-state index in [1.54, 1.807) is 24.0 Å². The molecular weight excluding hydrogens is 256 g/mol. The number of likely N-dealkylation sites (tertiary alicyclic amines) is 1. The smallest absolute Gasteiger partial charge is 0.255 e. The van der Waals surface area contributed by atoms with Gasteiger partial charge in [0.05, 0.1) is 5.56 Å². The van der Waals surface area contributed by atoms with E-state index in [0.29, 0.717) is 0 Å². The lowest BCUT2D eigenvalue weighted by atomic mass is 10.1. The number of rotatable bonds is 3. The van der Waals surface area contributed by atoms with Gasteiger partial charge in [-0.25, -0.2) is 0 Å². The van der Waals surface area contributed by atoms with Gasteiger partial charge in [0.15, 0.2) is 0 Å². The number of hydrogen-bond donors (Lipinski definition) is 2. The van der Waals surface area contributed by atoms with Gasteiger partial charge in [-0.3, -0.25) is 9.59 Å². The normalized spacial score (nSPS) is 16.0. The maximum absolute atomic E-state index is 12.1. The second-order valence-electron chi connectivity index (χ2n) is 5.25. The molecule has 1 heterocycles. The van der Waals surface area contributed by atoms with Gasteiger partial charge in [0, 0.05) is 13.1 Å². The summed E-state index contributed by atoms with van der Waals surface area (Å²) in [6, 6.07) is 4.24. The van der Waals surface area contributed by atoms with Crippen LogP contribution in [0.2, 0.25) is 0 Å². The van der Waals surface area contributed by atoms with Crippen molar-refractivity contribution in [3.05, 3.63) is 29.3 Å². The third kappa shape index (κ3) is 3.10. The highest BCUT2D eigenvalue weighted by molar-refractivity contribution is 5.99. The highest BCUT2D eigenvalue weighted by Crippen LogP contribution is 2.18. The van der Waals surface area contributed by atoms with Crippen molar-refractivity contribution in [3.8, 4) is 5.75 Å². The fourth-order valence-corrected chi connectivity index (χ4v) is 2.38. The van der Waals surface area contributed by atoms with Gasteiger partial charge in [-0.15, -0.1) is 0 Å². The Bertz CT molecular complexity index is 522. The number of nitrogens with zero attached hydrogens (tertiary/aromatic N) is 1. The molecule has 5 nitrogen and oxygen atoms in total. The second-order valence-corrected chi connectivity index (χ2v) is 5.25. The number of benzene rings is 1. The minimum atomic E-state index is -0.583. The molecule has 1 aliphatic heterocycles. The minimum absolute atomic E-state index is 0.0667. The van der Waals surface area contributed by atoms with Crippen molar-refractivity contribution >= 4 is 11.8 Å². The Kier molecular flexibility index (Phi) is 4.27. The molecule has 1 fully saturated rings. The lowest BCUT2D eigenvalue weighted by Crippen LogP contribution is -2.45. The molecule has 1 saturated heterocycles. The van der Waals surface area contributed by atoms with Crippen molar-refractivity contribution in [2.24, 2.45) is 0 Å². The van der Waals surface area contributed by atoms with Gasteiger partial charge < -0.3 is 15.3 Å². The quantitative estimate of drug-likeness (QED) is 0.877. The first-order valence-electron chi connectivity index (χ1n) is 6.88. The van der Waals surface area contributed by atoms with Crippen molar-refractivity contribution < 1.29 is 14.7 Å². The molecule has 0 aromatic heterocycles. The fourth-order valence-electron chi connectivity index (χ4n) is 2.38. The van der Waals surface area contributed by atoms with Crippen LogP contribution < -0.4 is 5.32 Å². The van der Waals surface area contributed by atoms with E-state index in [2.05, 4.69) is 5.32 Å². The highest BCUT2D eigenvalue weighted by Gasteiger charge is 2.25. The van der Waals surface area contributed by atoms with Crippen LogP contribution >= 0.6 is 0 Å². The molecule has 0 aliphatic carbocycles. The molecule has 1 aromatic rings. The van der Waals surface area contributed by atoms with E-state index in [0.717, 1.165) is 31.5 Å². The van der Waals surface area contributed by atoms with Gasteiger partial charge in [-0.1, -0.05) is 11.6 Å². The van der Waals surface area contributed by atoms with Crippen LogP contribution in [0.15, 0.2) is 18.2 Å². The summed E-state index contributed by atoms with van der Waals surface area (Å²) in [6.45, 7) is 5.03. The molecule has 0 saturated carbocycles. The second kappa shape index (κ2) is 5.94. The molecule has 0 bridgehead atoms. The number of carbonyl (C=O) groups excluding carboxylic acids is 2. The Morgan fingerprint density at radius 2 is 1.95 bits per heavy atom. The van der Waals surface area contributed by atoms with Gasteiger partial charge in [-0.2, -0.15) is 0 Å². The third-order valence-corrected chi connectivity index (χ3v) is 3.53. The average molecular weight is 276 g/mol. The molecular formula is C15H20N2O3. The van der Waals surface area contributed by atoms with Crippen molar-refractivity contribution in [3.63, 3.8) is 0 Å². The van der Waals surface area contributed by atoms with E-state index >= 15 is 0 Å². The predicted octanol–water partition coefficient (Wildman–Crippen LogP) is 1.44. The van der Waals surface area contributed by atoms with E-state index < -0.39 is 11.9 Å². The molecule has 1 aromatic carbocycles. The van der Waals surface area contributed by atoms with Crippen LogP contribution in [0, 0.1) is 6.92 Å². The first-order valence-corrected chi connectivity index (χ1v) is 6.88. The number of amides is 2. The minimum Gasteiger partial charge on any atom is -0.507 e. The fraction of sp³-hybridized carbons (Fsp3) is 0.467. The monoisotopic (exact) mass is 276 g/mol. The SMILES string of the molecule is Cc1ccc(O)c(C(=O)NC(C)C(=O)N2CCCC2)c1. The zero-order valence-electron chi connectivity index (χ0n) is 11.8. The van der Waals surface area contributed by atoms with E-state index in [1.165, 1.54) is 6.07 Å². The molecule has 108 valence electrons. The van der Waals surface area contributed by atoms with Crippen molar-refractivity contribution in [1.29, 1.82) is 0 Å². The largest absolute Gasteiger partial charge is 0.507 e. The Labute approximate surface area is 118 Å². The molecule has 2 rings (SSSR count). The van der Waals surface area contributed by atoms with Gasteiger partial charge >= 0.3 is 0 Å². The van der Waals surface area contributed by atoms with E-state index in [9.17, 15) is 14.7 Å². The number of phenolic OH excluding ortho intramolecular Hbond substituents is 1. The first kappa shape index (κ1) is 14.4. The van der Waals surface area contributed by atoms with E-state index in [-0.39, 0.29) is 17.2 Å². The summed E-state index contributed by atoms with van der Waals surface area (Å²) in [5, 5.41) is 12.4. The summed E-state index contributed by atoms with van der Waals surface area (Å²) in [6.07, 6.45) is 2.04. The van der Waals surface area contributed by atoms with Gasteiger partial charge in [0.25, 0.3) is 5.91 Å². The van der Waals surface area contributed by atoms with Crippen LogP contribution in [-0.4, -0.2) is 41.0 Å². The van der Waals surface area contributed by atoms with Crippen molar-refractivity contribution in [2.75, 3.05) is 13.1 Å². The molecule has 1 aliphatic rings. The van der Waals surface area contributed by atoms with Crippen molar-refractivity contribution in [1.82, 2.24) is 10.2 Å². The van der Waals surface area contributed by atoms with Crippen LogP contribution in [0.3, 0.4) is 0 Å². The Balaban J connectivity index is 2.03. The van der Waals surface area contributed by atoms with Crippen LogP contribution in [-0.2, 0) is 4.79 Å². The third-order valence-electron chi connectivity index (χ3n) is 3.53. The number of aryl methyl sites for hydroxylation is 1. The lowest BCUT2D eigenvalue weighted by molar-refractivity contribution is -0.131. The zero-order valence-corrected chi connectivity index (χ0v) is 11.8. The topological polar surface area (TPSA) is 69.6 Å². The molecule has 5 heteroatoms. The lowest BCUT2D eigenvalue weighted by Gasteiger charge is -2.21. The zero-order chi connectivity index (χ0) is 14.7. The van der Waals surface area contributed by atoms with Crippen LogP contribution in [0.25, 0.3) is 0 Å². The van der Waals surface area contributed by atoms with Gasteiger partial charge in [0.2, 0.25) is 5.91 Å². The summed E-state index contributed by atoms with van der Waals surface area (Å²) < 4.78 is 0. The molecule has 0 radical (unpaired) electrons. The van der Waals surface area contributed by atoms with E-state index in [1.807, 2.05) is 6.92 Å². The molecule has 1 unspecified atom stereocenters. The van der Waals surface area contributed by atoms with Gasteiger partial charge in [0.1, 0.15) is 11.8 Å².